The highest BCUT2D eigenvalue weighted by molar-refractivity contribution is 6.44. The molecule has 13 heteroatoms. The molecule has 3 rings (SSSR count). The van der Waals surface area contributed by atoms with Crippen LogP contribution in [-0.4, -0.2) is 36.5 Å². The van der Waals surface area contributed by atoms with Crippen molar-refractivity contribution in [1.29, 1.82) is 0 Å². The molecule has 0 spiro atoms. The Morgan fingerprint density at radius 2 is 1.65 bits per heavy atom. The summed E-state index contributed by atoms with van der Waals surface area (Å²) in [6, 6.07) is 8.99. The van der Waals surface area contributed by atoms with Crippen molar-refractivity contribution in [2.24, 2.45) is 0 Å². The van der Waals surface area contributed by atoms with Gasteiger partial charge in [0.2, 0.25) is 0 Å². The average molecular weight is 478 g/mol. The first kappa shape index (κ1) is 24.0. The minimum absolute atomic E-state index is 0.0163. The van der Waals surface area contributed by atoms with Crippen LogP contribution in [0.3, 0.4) is 0 Å². The van der Waals surface area contributed by atoms with Gasteiger partial charge in [-0.05, 0) is 25.1 Å². The molecule has 8 nitrogen and oxygen atoms in total. The fourth-order valence-corrected chi connectivity index (χ4v) is 2.76. The lowest BCUT2D eigenvalue weighted by Crippen LogP contribution is -2.25. The van der Waals surface area contributed by atoms with Crippen LogP contribution in [0.15, 0.2) is 41.2 Å². The molecule has 31 heavy (non-hydrogen) atoms. The summed E-state index contributed by atoms with van der Waals surface area (Å²) in [6.07, 6.45) is 0. The van der Waals surface area contributed by atoms with Gasteiger partial charge in [0.15, 0.2) is 5.82 Å². The van der Waals surface area contributed by atoms with Gasteiger partial charge in [-0.1, -0.05) is 41.4 Å². The van der Waals surface area contributed by atoms with Crippen molar-refractivity contribution in [2.45, 2.75) is 13.5 Å². The summed E-state index contributed by atoms with van der Waals surface area (Å²) in [4.78, 5) is 33.1. The lowest BCUT2D eigenvalue weighted by molar-refractivity contribution is 0.0638. The minimum atomic E-state index is -3.19. The van der Waals surface area contributed by atoms with Crippen molar-refractivity contribution in [3.05, 3.63) is 79.7 Å². The largest absolute Gasteiger partial charge is 0.478 e. The summed E-state index contributed by atoms with van der Waals surface area (Å²) in [6.45, 7) is -2.08. The highest BCUT2D eigenvalue weighted by Crippen LogP contribution is 2.32. The minimum Gasteiger partial charge on any atom is -0.478 e. The molecular formula is C18H12Cl2F3N3O5. The number of carboxylic acid groups (broad SMARTS) is 2. The number of hydrogen-bond donors (Lipinski definition) is 2. The quantitative estimate of drug-likeness (QED) is 0.542. The van der Waals surface area contributed by atoms with Gasteiger partial charge in [0.25, 0.3) is 0 Å². The van der Waals surface area contributed by atoms with E-state index < -0.39 is 51.3 Å². The molecule has 1 aromatic heterocycles. The van der Waals surface area contributed by atoms with E-state index in [1.165, 1.54) is 0 Å². The molecule has 0 fully saturated rings. The fourth-order valence-electron chi connectivity index (χ4n) is 2.34. The number of aromatic nitrogens is 3. The second-order valence-corrected chi connectivity index (χ2v) is 6.51. The van der Waals surface area contributed by atoms with Gasteiger partial charge >= 0.3 is 24.2 Å². The summed E-state index contributed by atoms with van der Waals surface area (Å²) in [7, 11) is 0. The van der Waals surface area contributed by atoms with Gasteiger partial charge in [-0.2, -0.15) is 13.5 Å². The maximum absolute atomic E-state index is 14.1. The number of aromatic carboxylic acids is 2. The Morgan fingerprint density at radius 1 is 1.06 bits per heavy atom. The molecule has 2 N–H and O–H groups in total. The monoisotopic (exact) mass is 477 g/mol. The van der Waals surface area contributed by atoms with Crippen LogP contribution in [0.25, 0.3) is 5.69 Å². The molecule has 1 heterocycles. The number of nitrogens with zero attached hydrogens (tertiary/aromatic N) is 3. The molecule has 0 atom stereocenters. The van der Waals surface area contributed by atoms with E-state index in [-0.39, 0.29) is 10.4 Å². The Kier molecular flexibility index (Phi) is 7.47. The normalized spacial score (nSPS) is 10.5. The molecule has 0 saturated carbocycles. The predicted octanol–water partition coefficient (Wildman–Crippen LogP) is 4.27. The molecule has 0 unspecified atom stereocenters. The Bertz CT molecular complexity index is 1200. The molecule has 0 aliphatic carbocycles. The fraction of sp³-hybridized carbons (Fsp3) is 0.111. The Labute approximate surface area is 181 Å². The van der Waals surface area contributed by atoms with E-state index in [9.17, 15) is 27.6 Å². The first-order valence-electron chi connectivity index (χ1n) is 8.13. The van der Waals surface area contributed by atoms with E-state index in [4.69, 9.17) is 33.4 Å². The van der Waals surface area contributed by atoms with Gasteiger partial charge in [0.1, 0.15) is 11.5 Å². The Morgan fingerprint density at radius 3 is 2.06 bits per heavy atom. The van der Waals surface area contributed by atoms with Crippen LogP contribution in [0.1, 0.15) is 33.1 Å². The van der Waals surface area contributed by atoms with Crippen LogP contribution in [0.4, 0.5) is 13.2 Å². The van der Waals surface area contributed by atoms with Crippen LogP contribution in [0.2, 0.25) is 10.0 Å². The Balaban J connectivity index is 0.000000316. The summed E-state index contributed by atoms with van der Waals surface area (Å²) in [5.74, 6) is -4.05. The number of aryl methyl sites for hydroxylation is 1. The molecule has 0 aliphatic heterocycles. The molecule has 0 saturated heterocycles. The highest BCUT2D eigenvalue weighted by atomic mass is 35.5. The Hall–Kier alpha value is -3.31. The molecule has 0 radical (unpaired) electrons. The van der Waals surface area contributed by atoms with Gasteiger partial charge in [-0.15, -0.1) is 5.10 Å². The molecule has 0 amide bonds. The van der Waals surface area contributed by atoms with Crippen LogP contribution in [-0.2, 0) is 0 Å². The number of halogens is 5. The lowest BCUT2D eigenvalue weighted by atomic mass is 10.2. The van der Waals surface area contributed by atoms with Crippen LogP contribution in [0, 0.1) is 12.7 Å². The molecule has 3 aromatic rings. The van der Waals surface area contributed by atoms with Gasteiger partial charge in [0.05, 0.1) is 21.2 Å². The van der Waals surface area contributed by atoms with E-state index in [0.29, 0.717) is 16.3 Å². The topological polar surface area (TPSA) is 114 Å². The van der Waals surface area contributed by atoms with E-state index in [1.807, 2.05) is 0 Å². The highest BCUT2D eigenvalue weighted by Gasteiger charge is 2.25. The zero-order valence-corrected chi connectivity index (χ0v) is 16.9. The van der Waals surface area contributed by atoms with Gasteiger partial charge in [-0.3, -0.25) is 0 Å². The summed E-state index contributed by atoms with van der Waals surface area (Å²) in [5.41, 5.74) is -2.31. The van der Waals surface area contributed by atoms with Gasteiger partial charge in [0, 0.05) is 0 Å². The SMILES string of the molecule is Cc1nn(-c2cc(C(=O)O)c(Cl)c(Cl)c2F)c(=O)n1C(F)F.O=C(O)c1ccccc1. The second-order valence-electron chi connectivity index (χ2n) is 5.75. The van der Waals surface area contributed by atoms with E-state index in [0.717, 1.165) is 6.92 Å². The summed E-state index contributed by atoms with van der Waals surface area (Å²) >= 11 is 11.2. The zero-order chi connectivity index (χ0) is 23.5. The third-order valence-electron chi connectivity index (χ3n) is 3.78. The van der Waals surface area contributed by atoms with Crippen molar-refractivity contribution in [3.63, 3.8) is 0 Å². The maximum atomic E-state index is 14.1. The van der Waals surface area contributed by atoms with Crippen molar-refractivity contribution in [2.75, 3.05) is 0 Å². The van der Waals surface area contributed by atoms with Crippen molar-refractivity contribution < 1.29 is 33.0 Å². The first-order valence-corrected chi connectivity index (χ1v) is 8.88. The average Bonchev–Trinajstić information content (AvgIpc) is 3.01. The van der Waals surface area contributed by atoms with E-state index >= 15 is 0 Å². The molecule has 0 aliphatic rings. The van der Waals surface area contributed by atoms with E-state index in [1.54, 1.807) is 30.3 Å². The number of carbonyl (C=O) groups is 2. The van der Waals surface area contributed by atoms with Crippen LogP contribution >= 0.6 is 23.2 Å². The summed E-state index contributed by atoms with van der Waals surface area (Å²) < 4.78 is 39.9. The summed E-state index contributed by atoms with van der Waals surface area (Å²) in [5, 5.41) is 19.5. The van der Waals surface area contributed by atoms with Crippen LogP contribution < -0.4 is 5.69 Å². The third-order valence-corrected chi connectivity index (χ3v) is 4.63. The van der Waals surface area contributed by atoms with E-state index in [2.05, 4.69) is 5.10 Å². The van der Waals surface area contributed by atoms with Crippen molar-refractivity contribution >= 4 is 35.1 Å². The molecule has 2 aromatic carbocycles. The second kappa shape index (κ2) is 9.67. The lowest BCUT2D eigenvalue weighted by Gasteiger charge is -2.08. The van der Waals surface area contributed by atoms with Crippen molar-refractivity contribution in [3.8, 4) is 5.69 Å². The first-order chi connectivity index (χ1) is 14.5. The predicted molar refractivity (Wildman–Crippen MR) is 104 cm³/mol. The number of carboxylic acids is 2. The van der Waals surface area contributed by atoms with Crippen molar-refractivity contribution in [1.82, 2.24) is 14.3 Å². The van der Waals surface area contributed by atoms with Gasteiger partial charge in [-0.25, -0.2) is 23.3 Å². The maximum Gasteiger partial charge on any atom is 0.355 e. The smallest absolute Gasteiger partial charge is 0.355 e. The zero-order valence-electron chi connectivity index (χ0n) is 15.4. The molecular weight excluding hydrogens is 466 g/mol. The number of hydrogen-bond acceptors (Lipinski definition) is 4. The molecule has 164 valence electrons. The third kappa shape index (κ3) is 5.06. The number of benzene rings is 2. The molecule has 0 bridgehead atoms. The van der Waals surface area contributed by atoms with Gasteiger partial charge < -0.3 is 10.2 Å². The van der Waals surface area contributed by atoms with Crippen LogP contribution in [0.5, 0.6) is 0 Å². The number of alkyl halides is 2. The number of rotatable bonds is 4. The standard InChI is InChI=1S/C11H6Cl2F3N3O3.C7H6O2/c1-3-17-19(11(22)18(3)10(15)16)5-2-4(9(20)21)6(12)7(13)8(5)14;8-7(9)6-4-2-1-3-5-6/h2,10H,1H3,(H,20,21);1-5H,(H,8,9).